The topological polar surface area (TPSA) is 74.6 Å². The Morgan fingerprint density at radius 1 is 0.769 bits per heavy atom. The zero-order valence-electron chi connectivity index (χ0n) is 17.5. The monoisotopic (exact) mass is 397 g/mol. The van der Waals surface area contributed by atoms with Crippen LogP contribution in [0.4, 0.5) is 0 Å². The van der Waals surface area contributed by atoms with Gasteiger partial charge in [0, 0.05) is 52.2 Å². The molecule has 0 saturated carbocycles. The van der Waals surface area contributed by atoms with Gasteiger partial charge in [-0.2, -0.15) is 11.8 Å². The Labute approximate surface area is 186 Å². The zero-order chi connectivity index (χ0) is 19.5. The first-order valence-electron chi connectivity index (χ1n) is 9.62. The van der Waals surface area contributed by atoms with Crippen molar-refractivity contribution >= 4 is 53.3 Å². The van der Waals surface area contributed by atoms with E-state index in [2.05, 4.69) is 39.5 Å². The van der Waals surface area contributed by atoms with Crippen molar-refractivity contribution in [2.45, 2.75) is 102 Å². The van der Waals surface area contributed by atoms with Crippen molar-refractivity contribution < 1.29 is 19.8 Å². The van der Waals surface area contributed by atoms with E-state index in [1.54, 1.807) is 0 Å². The molecule has 2 unspecified atom stereocenters. The second-order valence-electron chi connectivity index (χ2n) is 6.47. The van der Waals surface area contributed by atoms with E-state index < -0.39 is 11.9 Å². The normalized spacial score (nSPS) is 12.6. The summed E-state index contributed by atoms with van der Waals surface area (Å²) >= 11 is 2.22. The van der Waals surface area contributed by atoms with Crippen LogP contribution < -0.4 is 0 Å². The SMILES string of the molecule is CCCCCCC(C)SC(C)CCCCCC.O=C(O)/C=C\C(=O)O.[Na]. The Hall–Kier alpha value is 0.0300. The molecule has 0 aliphatic carbocycles. The third-order valence-electron chi connectivity index (χ3n) is 3.76. The molecule has 6 heteroatoms. The van der Waals surface area contributed by atoms with Gasteiger partial charge in [0.05, 0.1) is 0 Å². The standard InChI is InChI=1S/C16H34S.C4H4O4.Na/c1-5-7-9-11-13-15(3)17-16(4)14-12-10-8-6-2;5-3(6)1-2-4(7)8;/h15-16H,5-14H2,1-4H3;1-2H,(H,5,6)(H,7,8);/b;2-1-;. The van der Waals surface area contributed by atoms with E-state index in [0.29, 0.717) is 12.2 Å². The van der Waals surface area contributed by atoms with Gasteiger partial charge in [0.2, 0.25) is 0 Å². The van der Waals surface area contributed by atoms with Gasteiger partial charge in [-0.1, -0.05) is 79.1 Å². The Morgan fingerprint density at radius 3 is 1.38 bits per heavy atom. The van der Waals surface area contributed by atoms with Gasteiger partial charge in [0.1, 0.15) is 0 Å². The summed E-state index contributed by atoms with van der Waals surface area (Å²) in [5.41, 5.74) is 0. The number of carbonyl (C=O) groups is 2. The Balaban J connectivity index is -0.000000498. The van der Waals surface area contributed by atoms with Gasteiger partial charge in [-0.25, -0.2) is 9.59 Å². The molecule has 1 radical (unpaired) electrons. The summed E-state index contributed by atoms with van der Waals surface area (Å²) in [7, 11) is 0. The number of hydrogen-bond acceptors (Lipinski definition) is 3. The van der Waals surface area contributed by atoms with Gasteiger partial charge >= 0.3 is 11.9 Å². The predicted octanol–water partition coefficient (Wildman–Crippen LogP) is 5.77. The van der Waals surface area contributed by atoms with E-state index in [0.717, 1.165) is 10.5 Å². The van der Waals surface area contributed by atoms with Crippen molar-refractivity contribution in [1.82, 2.24) is 0 Å². The predicted molar refractivity (Wildman–Crippen MR) is 114 cm³/mol. The molecular formula is C20H38NaO4S. The van der Waals surface area contributed by atoms with Crippen molar-refractivity contribution in [3.8, 4) is 0 Å². The number of carboxylic acid groups (broad SMARTS) is 2. The van der Waals surface area contributed by atoms with Crippen molar-refractivity contribution in [1.29, 1.82) is 0 Å². The van der Waals surface area contributed by atoms with Gasteiger partial charge in [0.25, 0.3) is 0 Å². The minimum atomic E-state index is -1.26. The summed E-state index contributed by atoms with van der Waals surface area (Å²) < 4.78 is 0. The maximum absolute atomic E-state index is 9.55. The third-order valence-corrected chi connectivity index (χ3v) is 5.16. The average Bonchev–Trinajstić information content (AvgIpc) is 2.54. The second-order valence-corrected chi connectivity index (χ2v) is 8.35. The van der Waals surface area contributed by atoms with Crippen LogP contribution >= 0.6 is 11.8 Å². The smallest absolute Gasteiger partial charge is 0.328 e. The Bertz CT molecular complexity index is 330. The van der Waals surface area contributed by atoms with Gasteiger partial charge in [0.15, 0.2) is 0 Å². The maximum Gasteiger partial charge on any atom is 0.328 e. The minimum absolute atomic E-state index is 0. The molecule has 0 aliphatic rings. The van der Waals surface area contributed by atoms with Crippen LogP contribution in [-0.2, 0) is 9.59 Å². The quantitative estimate of drug-likeness (QED) is 0.221. The molecule has 0 amide bonds. The van der Waals surface area contributed by atoms with E-state index >= 15 is 0 Å². The summed E-state index contributed by atoms with van der Waals surface area (Å²) in [5.74, 6) is -2.51. The zero-order valence-corrected chi connectivity index (χ0v) is 20.3. The van der Waals surface area contributed by atoms with Crippen LogP contribution in [0.25, 0.3) is 0 Å². The van der Waals surface area contributed by atoms with Crippen LogP contribution in [0.2, 0.25) is 0 Å². The average molecular weight is 398 g/mol. The molecule has 0 spiro atoms. The Morgan fingerprint density at radius 2 is 1.12 bits per heavy atom. The van der Waals surface area contributed by atoms with Crippen LogP contribution in [0, 0.1) is 0 Å². The van der Waals surface area contributed by atoms with Crippen LogP contribution in [0.5, 0.6) is 0 Å². The first-order valence-corrected chi connectivity index (χ1v) is 10.6. The van der Waals surface area contributed by atoms with E-state index in [-0.39, 0.29) is 29.6 Å². The first kappa shape index (κ1) is 30.7. The molecule has 0 aromatic rings. The molecule has 26 heavy (non-hydrogen) atoms. The summed E-state index contributed by atoms with van der Waals surface area (Å²) in [6, 6.07) is 0. The van der Waals surface area contributed by atoms with E-state index in [1.807, 2.05) is 0 Å². The minimum Gasteiger partial charge on any atom is -0.478 e. The maximum atomic E-state index is 9.55. The molecule has 0 aromatic carbocycles. The van der Waals surface area contributed by atoms with Gasteiger partial charge < -0.3 is 10.2 Å². The van der Waals surface area contributed by atoms with Crippen LogP contribution in [0.1, 0.15) is 91.9 Å². The fourth-order valence-corrected chi connectivity index (χ4v) is 3.79. The van der Waals surface area contributed by atoms with Crippen LogP contribution in [0.3, 0.4) is 0 Å². The largest absolute Gasteiger partial charge is 0.478 e. The molecule has 0 fully saturated rings. The number of thioether (sulfide) groups is 1. The summed E-state index contributed by atoms with van der Waals surface area (Å²) in [6.45, 7) is 9.41. The third kappa shape index (κ3) is 28.8. The molecule has 4 nitrogen and oxygen atoms in total. The van der Waals surface area contributed by atoms with Crippen LogP contribution in [0.15, 0.2) is 12.2 Å². The molecule has 0 saturated heterocycles. The number of carboxylic acids is 2. The van der Waals surface area contributed by atoms with Gasteiger partial charge in [-0.3, -0.25) is 0 Å². The number of aliphatic carboxylic acids is 2. The molecule has 0 aromatic heterocycles. The number of rotatable bonds is 14. The fraction of sp³-hybridized carbons (Fsp3) is 0.800. The summed E-state index contributed by atoms with van der Waals surface area (Å²) in [6.07, 6.45) is 15.3. The molecule has 0 aliphatic heterocycles. The molecule has 0 bridgehead atoms. The molecule has 0 heterocycles. The summed E-state index contributed by atoms with van der Waals surface area (Å²) in [4.78, 5) is 19.1. The van der Waals surface area contributed by atoms with Crippen molar-refractivity contribution in [2.24, 2.45) is 0 Å². The van der Waals surface area contributed by atoms with Gasteiger partial charge in [-0.05, 0) is 12.8 Å². The van der Waals surface area contributed by atoms with Crippen molar-refractivity contribution in [3.05, 3.63) is 12.2 Å². The molecule has 0 rings (SSSR count). The van der Waals surface area contributed by atoms with Gasteiger partial charge in [-0.15, -0.1) is 0 Å². The first-order chi connectivity index (χ1) is 11.8. The van der Waals surface area contributed by atoms with E-state index in [4.69, 9.17) is 10.2 Å². The second kappa shape index (κ2) is 23.1. The molecular weight excluding hydrogens is 359 g/mol. The van der Waals surface area contributed by atoms with Crippen molar-refractivity contribution in [2.75, 3.05) is 0 Å². The summed E-state index contributed by atoms with van der Waals surface area (Å²) in [5, 5.41) is 17.4. The number of hydrogen-bond donors (Lipinski definition) is 2. The molecule has 149 valence electrons. The Kier molecular flexibility index (Phi) is 27.3. The molecule has 2 atom stereocenters. The number of unbranched alkanes of at least 4 members (excludes halogenated alkanes) is 6. The van der Waals surface area contributed by atoms with Crippen molar-refractivity contribution in [3.63, 3.8) is 0 Å². The van der Waals surface area contributed by atoms with E-state index in [9.17, 15) is 9.59 Å². The fourth-order valence-electron chi connectivity index (χ4n) is 2.39. The molecule has 2 N–H and O–H groups in total. The van der Waals surface area contributed by atoms with Crippen LogP contribution in [-0.4, -0.2) is 62.2 Å². The van der Waals surface area contributed by atoms with E-state index in [1.165, 1.54) is 64.2 Å².